The molecule has 2 aliphatic rings. The molecule has 0 radical (unpaired) electrons. The Bertz CT molecular complexity index is 662. The Labute approximate surface area is 122 Å². The highest BCUT2D eigenvalue weighted by molar-refractivity contribution is 8.14. The summed E-state index contributed by atoms with van der Waals surface area (Å²) >= 11 is 1.85. The van der Waals surface area contributed by atoms with Crippen LogP contribution >= 0.6 is 11.8 Å². The summed E-state index contributed by atoms with van der Waals surface area (Å²) in [7, 11) is 0. The molecule has 4 heteroatoms. The highest BCUT2D eigenvalue weighted by Crippen LogP contribution is 2.36. The van der Waals surface area contributed by atoms with Crippen molar-refractivity contribution in [3.05, 3.63) is 36.5 Å². The van der Waals surface area contributed by atoms with Crippen LogP contribution in [0.25, 0.3) is 10.9 Å². The number of para-hydroxylation sites is 1. The molecule has 102 valence electrons. The van der Waals surface area contributed by atoms with E-state index in [-0.39, 0.29) is 0 Å². The predicted molar refractivity (Wildman–Crippen MR) is 86.4 cm³/mol. The van der Waals surface area contributed by atoms with Crippen LogP contribution in [0.4, 0.5) is 5.69 Å². The van der Waals surface area contributed by atoms with Crippen LogP contribution in [0.1, 0.15) is 19.3 Å². The molecule has 1 N–H and O–H groups in total. The van der Waals surface area contributed by atoms with E-state index in [1.807, 2.05) is 24.0 Å². The number of benzene rings is 1. The fourth-order valence-electron chi connectivity index (χ4n) is 3.14. The van der Waals surface area contributed by atoms with Crippen molar-refractivity contribution in [3.63, 3.8) is 0 Å². The van der Waals surface area contributed by atoms with Crippen LogP contribution in [0.3, 0.4) is 0 Å². The lowest BCUT2D eigenvalue weighted by Gasteiger charge is -2.23. The van der Waals surface area contributed by atoms with Gasteiger partial charge in [-0.15, -0.1) is 0 Å². The third-order valence-electron chi connectivity index (χ3n) is 4.21. The molecular weight excluding hydrogens is 266 g/mol. The quantitative estimate of drug-likeness (QED) is 0.862. The molecule has 0 amide bonds. The number of fused-ring (bicyclic) bond motifs is 2. The molecule has 2 heterocycles. The first-order valence-electron chi connectivity index (χ1n) is 7.21. The first-order chi connectivity index (χ1) is 9.90. The Hall–Kier alpha value is -1.55. The minimum Gasteiger partial charge on any atom is -0.333 e. The number of amidine groups is 1. The number of rotatable bonds is 1. The Morgan fingerprint density at radius 3 is 3.10 bits per heavy atom. The highest BCUT2D eigenvalue weighted by Gasteiger charge is 2.31. The zero-order valence-corrected chi connectivity index (χ0v) is 12.1. The highest BCUT2D eigenvalue weighted by atomic mass is 32.2. The summed E-state index contributed by atoms with van der Waals surface area (Å²) in [5.41, 5.74) is 2.08. The van der Waals surface area contributed by atoms with E-state index in [1.165, 1.54) is 25.0 Å². The Kier molecular flexibility index (Phi) is 3.11. The predicted octanol–water partition coefficient (Wildman–Crippen LogP) is 3.92. The number of pyridine rings is 1. The maximum absolute atomic E-state index is 4.89. The van der Waals surface area contributed by atoms with Gasteiger partial charge in [-0.05, 0) is 30.9 Å². The average Bonchev–Trinajstić information content (AvgIpc) is 2.95. The minimum atomic E-state index is 0.543. The van der Waals surface area contributed by atoms with Gasteiger partial charge >= 0.3 is 0 Å². The standard InChI is InChI=1S/C16H17N3S/c1-4-11-6-3-9-17-15(11)14(8-1)19-16-18-13-7-2-5-12(13)10-20-16/h1,3-4,6,8-9,12-13H,2,5,7,10H2,(H,18,19). The topological polar surface area (TPSA) is 37.3 Å². The monoisotopic (exact) mass is 283 g/mol. The lowest BCUT2D eigenvalue weighted by molar-refractivity contribution is 0.535. The summed E-state index contributed by atoms with van der Waals surface area (Å²) in [6.07, 6.45) is 5.79. The van der Waals surface area contributed by atoms with Gasteiger partial charge in [0.05, 0.1) is 17.2 Å². The van der Waals surface area contributed by atoms with Gasteiger partial charge < -0.3 is 5.32 Å². The first-order valence-corrected chi connectivity index (χ1v) is 8.20. The van der Waals surface area contributed by atoms with Gasteiger partial charge in [-0.1, -0.05) is 36.4 Å². The van der Waals surface area contributed by atoms with Crippen molar-refractivity contribution in [2.24, 2.45) is 10.9 Å². The molecule has 0 bridgehead atoms. The molecular formula is C16H17N3S. The number of aromatic nitrogens is 1. The molecule has 0 spiro atoms. The molecule has 2 atom stereocenters. The number of hydrogen-bond donors (Lipinski definition) is 1. The number of thioether (sulfide) groups is 1. The molecule has 4 rings (SSSR count). The smallest absolute Gasteiger partial charge is 0.161 e. The van der Waals surface area contributed by atoms with E-state index in [0.717, 1.165) is 27.7 Å². The van der Waals surface area contributed by atoms with Crippen LogP contribution in [0, 0.1) is 5.92 Å². The molecule has 1 fully saturated rings. The van der Waals surface area contributed by atoms with Gasteiger partial charge in [-0.3, -0.25) is 9.98 Å². The second-order valence-electron chi connectivity index (χ2n) is 5.51. The van der Waals surface area contributed by atoms with E-state index in [1.54, 1.807) is 0 Å². The minimum absolute atomic E-state index is 0.543. The number of anilines is 1. The fraction of sp³-hybridized carbons (Fsp3) is 0.375. The Morgan fingerprint density at radius 2 is 2.10 bits per heavy atom. The van der Waals surface area contributed by atoms with Crippen LogP contribution in [0.2, 0.25) is 0 Å². The van der Waals surface area contributed by atoms with Gasteiger partial charge in [0, 0.05) is 17.3 Å². The van der Waals surface area contributed by atoms with E-state index in [9.17, 15) is 0 Å². The second kappa shape index (κ2) is 5.09. The zero-order valence-electron chi connectivity index (χ0n) is 11.2. The van der Waals surface area contributed by atoms with Gasteiger partial charge in [0.2, 0.25) is 0 Å². The number of aliphatic imine (C=N–C) groups is 1. The maximum Gasteiger partial charge on any atom is 0.161 e. The molecule has 1 aromatic carbocycles. The molecule has 0 saturated heterocycles. The molecule has 2 aromatic rings. The molecule has 3 nitrogen and oxygen atoms in total. The van der Waals surface area contributed by atoms with Crippen molar-refractivity contribution >= 4 is 33.5 Å². The molecule has 1 aliphatic carbocycles. The lowest BCUT2D eigenvalue weighted by atomic mass is 10.1. The van der Waals surface area contributed by atoms with Crippen LogP contribution in [-0.2, 0) is 0 Å². The number of nitrogens with one attached hydrogen (secondary N) is 1. The van der Waals surface area contributed by atoms with Gasteiger partial charge in [0.1, 0.15) is 0 Å². The van der Waals surface area contributed by atoms with E-state index >= 15 is 0 Å². The second-order valence-corrected chi connectivity index (χ2v) is 6.52. The van der Waals surface area contributed by atoms with Crippen molar-refractivity contribution in [2.45, 2.75) is 25.3 Å². The molecule has 1 saturated carbocycles. The zero-order chi connectivity index (χ0) is 13.4. The maximum atomic E-state index is 4.89. The molecule has 1 aromatic heterocycles. The summed E-state index contributed by atoms with van der Waals surface area (Å²) in [5.74, 6) is 2.01. The number of nitrogens with zero attached hydrogens (tertiary/aromatic N) is 2. The SMILES string of the molecule is c1cnc2c(NC3=NC4CCCC4CS3)cccc2c1. The van der Waals surface area contributed by atoms with E-state index < -0.39 is 0 Å². The Morgan fingerprint density at radius 1 is 1.15 bits per heavy atom. The summed E-state index contributed by atoms with van der Waals surface area (Å²) in [4.78, 5) is 9.37. The fourth-order valence-corrected chi connectivity index (χ4v) is 4.30. The van der Waals surface area contributed by atoms with Crippen LogP contribution in [-0.4, -0.2) is 21.9 Å². The van der Waals surface area contributed by atoms with Crippen molar-refractivity contribution < 1.29 is 0 Å². The van der Waals surface area contributed by atoms with Crippen LogP contribution in [0.5, 0.6) is 0 Å². The average molecular weight is 283 g/mol. The number of hydrogen-bond acceptors (Lipinski definition) is 4. The lowest BCUT2D eigenvalue weighted by Crippen LogP contribution is -2.25. The third-order valence-corrected chi connectivity index (χ3v) is 5.29. The normalized spacial score (nSPS) is 25.3. The van der Waals surface area contributed by atoms with Gasteiger partial charge in [0.25, 0.3) is 0 Å². The summed E-state index contributed by atoms with van der Waals surface area (Å²) in [6.45, 7) is 0. The molecule has 20 heavy (non-hydrogen) atoms. The molecule has 2 unspecified atom stereocenters. The van der Waals surface area contributed by atoms with Crippen molar-refractivity contribution in [1.82, 2.24) is 4.98 Å². The van der Waals surface area contributed by atoms with Gasteiger partial charge in [0.15, 0.2) is 5.17 Å². The van der Waals surface area contributed by atoms with E-state index in [2.05, 4.69) is 34.6 Å². The third kappa shape index (κ3) is 2.18. The first kappa shape index (κ1) is 12.2. The van der Waals surface area contributed by atoms with E-state index in [0.29, 0.717) is 6.04 Å². The van der Waals surface area contributed by atoms with Crippen molar-refractivity contribution in [1.29, 1.82) is 0 Å². The van der Waals surface area contributed by atoms with E-state index in [4.69, 9.17) is 4.99 Å². The summed E-state index contributed by atoms with van der Waals surface area (Å²) < 4.78 is 0. The summed E-state index contributed by atoms with van der Waals surface area (Å²) in [5, 5.41) is 5.71. The van der Waals surface area contributed by atoms with Crippen LogP contribution < -0.4 is 5.32 Å². The van der Waals surface area contributed by atoms with Gasteiger partial charge in [-0.25, -0.2) is 0 Å². The van der Waals surface area contributed by atoms with Crippen molar-refractivity contribution in [2.75, 3.05) is 11.1 Å². The van der Waals surface area contributed by atoms with Crippen LogP contribution in [0.15, 0.2) is 41.5 Å². The largest absolute Gasteiger partial charge is 0.333 e. The summed E-state index contributed by atoms with van der Waals surface area (Å²) in [6, 6.07) is 10.9. The Balaban J connectivity index is 1.65. The molecule has 1 aliphatic heterocycles. The van der Waals surface area contributed by atoms with Crippen molar-refractivity contribution in [3.8, 4) is 0 Å². The van der Waals surface area contributed by atoms with Gasteiger partial charge in [-0.2, -0.15) is 0 Å².